The summed E-state index contributed by atoms with van der Waals surface area (Å²) in [6.07, 6.45) is 1.50. The summed E-state index contributed by atoms with van der Waals surface area (Å²) in [6.45, 7) is 1.85. The van der Waals surface area contributed by atoms with Gasteiger partial charge in [-0.3, -0.25) is 14.9 Å². The summed E-state index contributed by atoms with van der Waals surface area (Å²) in [6, 6.07) is 30.6. The van der Waals surface area contributed by atoms with Gasteiger partial charge in [0.2, 0.25) is 5.91 Å². The van der Waals surface area contributed by atoms with Gasteiger partial charge in [0.05, 0.1) is 17.0 Å². The van der Waals surface area contributed by atoms with Crippen LogP contribution in [-0.2, 0) is 30.8 Å². The molecule has 8 nitrogen and oxygen atoms in total. The van der Waals surface area contributed by atoms with E-state index in [0.29, 0.717) is 11.3 Å². The molecule has 0 atom stereocenters. The number of carbonyl (C=O) groups excluding carboxylic acids is 2. The summed E-state index contributed by atoms with van der Waals surface area (Å²) in [7, 11) is -3.95. The van der Waals surface area contributed by atoms with E-state index in [0.717, 1.165) is 22.3 Å². The SMILES string of the molecule is Cc1ccc(S(=O)(=O)NC(=O)Cc2ccc(N=C3NC(=O)/C(=C\c4ccc(-c5ccccc5)cc4)O3)cc2)cc1. The molecule has 1 aliphatic rings. The van der Waals surface area contributed by atoms with E-state index in [2.05, 4.69) is 15.0 Å². The predicted octanol–water partition coefficient (Wildman–Crippen LogP) is 4.88. The maximum Gasteiger partial charge on any atom is 0.302 e. The molecule has 200 valence electrons. The van der Waals surface area contributed by atoms with Crippen molar-refractivity contribution in [2.24, 2.45) is 4.99 Å². The van der Waals surface area contributed by atoms with Crippen LogP contribution in [0.5, 0.6) is 0 Å². The number of benzene rings is 4. The number of carbonyl (C=O) groups is 2. The number of sulfonamides is 1. The smallest absolute Gasteiger partial charge is 0.302 e. The fourth-order valence-corrected chi connectivity index (χ4v) is 4.97. The molecule has 5 rings (SSSR count). The number of nitrogens with zero attached hydrogens (tertiary/aromatic N) is 1. The number of aliphatic imine (C=N–C) groups is 1. The average Bonchev–Trinajstić information content (AvgIpc) is 3.28. The summed E-state index contributed by atoms with van der Waals surface area (Å²) in [5, 5.41) is 2.59. The Morgan fingerprint density at radius 2 is 1.52 bits per heavy atom. The van der Waals surface area contributed by atoms with Crippen molar-refractivity contribution in [1.29, 1.82) is 0 Å². The first-order chi connectivity index (χ1) is 19.2. The molecule has 0 bridgehead atoms. The number of rotatable bonds is 7. The molecule has 1 heterocycles. The van der Waals surface area contributed by atoms with Gasteiger partial charge in [-0.1, -0.05) is 84.4 Å². The second-order valence-electron chi connectivity index (χ2n) is 9.15. The highest BCUT2D eigenvalue weighted by Gasteiger charge is 2.25. The monoisotopic (exact) mass is 551 g/mol. The van der Waals surface area contributed by atoms with Crippen LogP contribution in [0.3, 0.4) is 0 Å². The number of ether oxygens (including phenoxy) is 1. The molecular weight excluding hydrogens is 526 g/mol. The number of hydrogen-bond acceptors (Lipinski definition) is 6. The Morgan fingerprint density at radius 3 is 2.20 bits per heavy atom. The second kappa shape index (κ2) is 11.4. The van der Waals surface area contributed by atoms with Crippen molar-refractivity contribution in [3.05, 3.63) is 126 Å². The number of nitrogens with one attached hydrogen (secondary N) is 2. The van der Waals surface area contributed by atoms with Gasteiger partial charge in [-0.2, -0.15) is 4.99 Å². The molecule has 40 heavy (non-hydrogen) atoms. The van der Waals surface area contributed by atoms with E-state index in [1.165, 1.54) is 12.1 Å². The summed E-state index contributed by atoms with van der Waals surface area (Å²) in [5.74, 6) is -0.944. The van der Waals surface area contributed by atoms with Gasteiger partial charge in [-0.15, -0.1) is 0 Å². The van der Waals surface area contributed by atoms with Crippen molar-refractivity contribution < 1.29 is 22.7 Å². The van der Waals surface area contributed by atoms with Crippen LogP contribution in [0.1, 0.15) is 16.7 Å². The second-order valence-corrected chi connectivity index (χ2v) is 10.8. The first-order valence-corrected chi connectivity index (χ1v) is 13.9. The van der Waals surface area contributed by atoms with E-state index < -0.39 is 21.8 Å². The van der Waals surface area contributed by atoms with Crippen LogP contribution in [0.2, 0.25) is 0 Å². The zero-order valence-electron chi connectivity index (χ0n) is 21.5. The zero-order chi connectivity index (χ0) is 28.1. The largest absolute Gasteiger partial charge is 0.420 e. The number of hydrogen-bond donors (Lipinski definition) is 2. The number of amidine groups is 1. The number of amides is 2. The van der Waals surface area contributed by atoms with E-state index in [1.54, 1.807) is 42.5 Å². The topological polar surface area (TPSA) is 114 Å². The lowest BCUT2D eigenvalue weighted by Gasteiger charge is -2.07. The molecule has 1 fully saturated rings. The van der Waals surface area contributed by atoms with Gasteiger partial charge in [0.1, 0.15) is 0 Å². The summed E-state index contributed by atoms with van der Waals surface area (Å²) >= 11 is 0. The van der Waals surface area contributed by atoms with Crippen molar-refractivity contribution in [2.75, 3.05) is 0 Å². The highest BCUT2D eigenvalue weighted by Crippen LogP contribution is 2.22. The Labute approximate surface area is 232 Å². The first kappa shape index (κ1) is 26.6. The van der Waals surface area contributed by atoms with E-state index in [9.17, 15) is 18.0 Å². The minimum absolute atomic E-state index is 0.0221. The van der Waals surface area contributed by atoms with Crippen molar-refractivity contribution >= 4 is 39.6 Å². The molecule has 0 aromatic heterocycles. The Bertz CT molecular complexity index is 1710. The van der Waals surface area contributed by atoms with Crippen LogP contribution in [0.15, 0.2) is 119 Å². The van der Waals surface area contributed by atoms with Crippen LogP contribution >= 0.6 is 0 Å². The van der Waals surface area contributed by atoms with Crippen molar-refractivity contribution in [3.63, 3.8) is 0 Å². The van der Waals surface area contributed by atoms with Crippen molar-refractivity contribution in [1.82, 2.24) is 10.0 Å². The van der Waals surface area contributed by atoms with E-state index in [1.807, 2.05) is 61.5 Å². The molecule has 2 N–H and O–H groups in total. The Morgan fingerprint density at radius 1 is 0.875 bits per heavy atom. The predicted molar refractivity (Wildman–Crippen MR) is 153 cm³/mol. The normalized spacial score (nSPS) is 15.1. The van der Waals surface area contributed by atoms with Gasteiger partial charge in [0.25, 0.3) is 15.9 Å². The molecule has 1 saturated heterocycles. The summed E-state index contributed by atoms with van der Waals surface area (Å²) in [5.41, 5.74) is 4.97. The van der Waals surface area contributed by atoms with Crippen LogP contribution in [-0.4, -0.2) is 26.3 Å². The lowest BCUT2D eigenvalue weighted by Crippen LogP contribution is -2.31. The highest BCUT2D eigenvalue weighted by molar-refractivity contribution is 7.90. The van der Waals surface area contributed by atoms with Crippen LogP contribution < -0.4 is 10.0 Å². The Hall–Kier alpha value is -5.02. The van der Waals surface area contributed by atoms with Gasteiger partial charge in [-0.25, -0.2) is 13.1 Å². The third-order valence-corrected chi connectivity index (χ3v) is 7.47. The molecule has 0 aliphatic carbocycles. The molecule has 4 aromatic rings. The zero-order valence-corrected chi connectivity index (χ0v) is 22.3. The summed E-state index contributed by atoms with van der Waals surface area (Å²) < 4.78 is 32.6. The Balaban J connectivity index is 1.20. The van der Waals surface area contributed by atoms with Crippen LogP contribution in [0.4, 0.5) is 5.69 Å². The van der Waals surface area contributed by atoms with Gasteiger partial charge < -0.3 is 4.74 Å². The molecule has 0 radical (unpaired) electrons. The van der Waals surface area contributed by atoms with Crippen LogP contribution in [0.25, 0.3) is 17.2 Å². The Kier molecular flexibility index (Phi) is 7.56. The highest BCUT2D eigenvalue weighted by atomic mass is 32.2. The fourth-order valence-electron chi connectivity index (χ4n) is 3.99. The first-order valence-electron chi connectivity index (χ1n) is 12.4. The van der Waals surface area contributed by atoms with Gasteiger partial charge in [0.15, 0.2) is 5.76 Å². The maximum absolute atomic E-state index is 12.4. The minimum atomic E-state index is -3.95. The van der Waals surface area contributed by atoms with Crippen LogP contribution in [0, 0.1) is 6.92 Å². The van der Waals surface area contributed by atoms with Crippen molar-refractivity contribution in [2.45, 2.75) is 18.2 Å². The molecule has 0 spiro atoms. The lowest BCUT2D eigenvalue weighted by molar-refractivity contribution is -0.119. The van der Waals surface area contributed by atoms with Gasteiger partial charge in [0, 0.05) is 0 Å². The quantitative estimate of drug-likeness (QED) is 0.318. The molecule has 4 aromatic carbocycles. The van der Waals surface area contributed by atoms with E-state index in [-0.39, 0.29) is 23.1 Å². The summed E-state index contributed by atoms with van der Waals surface area (Å²) in [4.78, 5) is 29.1. The van der Waals surface area contributed by atoms with E-state index >= 15 is 0 Å². The van der Waals surface area contributed by atoms with E-state index in [4.69, 9.17) is 4.74 Å². The van der Waals surface area contributed by atoms with Gasteiger partial charge >= 0.3 is 6.02 Å². The lowest BCUT2D eigenvalue weighted by atomic mass is 10.0. The molecule has 0 saturated carbocycles. The molecule has 1 aliphatic heterocycles. The average molecular weight is 552 g/mol. The molecule has 9 heteroatoms. The fraction of sp³-hybridized carbons (Fsp3) is 0.0645. The third kappa shape index (κ3) is 6.51. The van der Waals surface area contributed by atoms with Crippen molar-refractivity contribution in [3.8, 4) is 11.1 Å². The molecule has 2 amide bonds. The molecular formula is C31H25N3O5S. The third-order valence-electron chi connectivity index (χ3n) is 6.08. The minimum Gasteiger partial charge on any atom is -0.420 e. The maximum atomic E-state index is 12.4. The standard InChI is InChI=1S/C31H25N3O5S/c1-21-7-17-27(18-8-21)40(37,38)34-29(35)20-23-11-15-26(16-12-23)32-31-33-30(36)28(39-31)19-22-9-13-25(14-10-22)24-5-3-2-4-6-24/h2-19H,20H2,1H3,(H,34,35)(H,32,33,36)/b28-19+. The van der Waals surface area contributed by atoms with Gasteiger partial charge in [-0.05, 0) is 59.5 Å². The molecule has 0 unspecified atom stereocenters. The number of aryl methyl sites for hydroxylation is 1.